The molecule has 6 nitrogen and oxygen atoms in total. The van der Waals surface area contributed by atoms with Crippen molar-refractivity contribution in [3.05, 3.63) is 0 Å². The van der Waals surface area contributed by atoms with Gasteiger partial charge in [0.2, 0.25) is 0 Å². The van der Waals surface area contributed by atoms with Crippen LogP contribution in [-0.2, 0) is 28.6 Å². The number of hydrogen-bond donors (Lipinski definition) is 0. The summed E-state index contributed by atoms with van der Waals surface area (Å²) in [7, 11) is 0. The fourth-order valence-electron chi connectivity index (χ4n) is 11.1. The normalized spacial score (nSPS) is 51.9. The van der Waals surface area contributed by atoms with Crippen LogP contribution in [0.4, 0.5) is 0 Å². The van der Waals surface area contributed by atoms with Gasteiger partial charge in [0.15, 0.2) is 0 Å². The highest BCUT2D eigenvalue weighted by Gasteiger charge is 2.68. The molecule has 0 aromatic heterocycles. The first kappa shape index (κ1) is 23.5. The molecule has 8 rings (SSSR count). The van der Waals surface area contributed by atoms with Gasteiger partial charge in [-0.3, -0.25) is 14.4 Å². The molecule has 1 saturated heterocycles. The van der Waals surface area contributed by atoms with Crippen LogP contribution in [0.5, 0.6) is 0 Å². The van der Waals surface area contributed by atoms with Crippen molar-refractivity contribution in [2.45, 2.75) is 90.3 Å². The molecule has 8 aliphatic rings. The lowest BCUT2D eigenvalue weighted by Crippen LogP contribution is -2.52. The Morgan fingerprint density at radius 1 is 0.778 bits per heavy atom. The van der Waals surface area contributed by atoms with Crippen molar-refractivity contribution < 1.29 is 28.6 Å². The van der Waals surface area contributed by atoms with Crippen LogP contribution in [0.15, 0.2) is 0 Å². The maximum absolute atomic E-state index is 14.1. The van der Waals surface area contributed by atoms with E-state index >= 15 is 0 Å². The SMILES string of the molecule is CCC1CC(CC)C2C3CC(C(C(=O)OC4COC(=O)C4)C3C(=O)OC3C4CC5CC(C4)CC3C5)C12. The van der Waals surface area contributed by atoms with Crippen LogP contribution < -0.4 is 0 Å². The van der Waals surface area contributed by atoms with E-state index in [0.29, 0.717) is 35.5 Å². The van der Waals surface area contributed by atoms with Crippen molar-refractivity contribution in [3.8, 4) is 0 Å². The molecule has 9 atom stereocenters. The van der Waals surface area contributed by atoms with Gasteiger partial charge in [-0.15, -0.1) is 0 Å². The molecule has 1 aliphatic heterocycles. The third-order valence-corrected chi connectivity index (χ3v) is 12.1. The summed E-state index contributed by atoms with van der Waals surface area (Å²) in [5.74, 6) is 3.90. The number of carbonyl (C=O) groups is 3. The first-order valence-electron chi connectivity index (χ1n) is 15.0. The number of rotatable bonds is 6. The minimum absolute atomic E-state index is 0.0479. The number of esters is 3. The topological polar surface area (TPSA) is 78.9 Å². The fraction of sp³-hybridized carbons (Fsp3) is 0.900. The quantitative estimate of drug-likeness (QED) is 0.387. The highest BCUT2D eigenvalue weighted by atomic mass is 16.6. The van der Waals surface area contributed by atoms with Gasteiger partial charge in [0.1, 0.15) is 18.8 Å². The lowest BCUT2D eigenvalue weighted by molar-refractivity contribution is -0.185. The third-order valence-electron chi connectivity index (χ3n) is 12.1. The molecule has 8 fully saturated rings. The van der Waals surface area contributed by atoms with Crippen LogP contribution >= 0.6 is 0 Å². The zero-order valence-corrected chi connectivity index (χ0v) is 21.8. The number of hydrogen-bond acceptors (Lipinski definition) is 6. The Kier molecular flexibility index (Phi) is 5.70. The summed E-state index contributed by atoms with van der Waals surface area (Å²) >= 11 is 0. The standard InChI is InChI=1S/C30H42O6/c1-3-16-10-17(4-2)25-22-12-21(24(16)25)26(29(32)35-20-11-23(31)34-13-20)27(22)30(33)36-28-18-6-14-5-15(8-18)9-19(28)7-14/h14-22,24-28H,3-13H2,1-2H3. The number of cyclic esters (lactones) is 1. The second-order valence-corrected chi connectivity index (χ2v) is 13.6. The minimum Gasteiger partial charge on any atom is -0.462 e. The molecule has 7 saturated carbocycles. The molecule has 0 spiro atoms. The van der Waals surface area contributed by atoms with E-state index in [1.165, 1.54) is 38.5 Å². The molecule has 1 heterocycles. The summed E-state index contributed by atoms with van der Waals surface area (Å²) in [6, 6.07) is 0. The van der Waals surface area contributed by atoms with Crippen molar-refractivity contribution in [1.29, 1.82) is 0 Å². The molecule has 0 aromatic rings. The summed E-state index contributed by atoms with van der Waals surface area (Å²) in [6.07, 6.45) is 10.3. The zero-order valence-electron chi connectivity index (χ0n) is 21.8. The fourth-order valence-corrected chi connectivity index (χ4v) is 11.1. The molecular formula is C30H42O6. The summed E-state index contributed by atoms with van der Waals surface area (Å²) in [4.78, 5) is 39.4. The summed E-state index contributed by atoms with van der Waals surface area (Å²) in [6.45, 7) is 4.70. The van der Waals surface area contributed by atoms with Crippen LogP contribution in [0.2, 0.25) is 0 Å². The van der Waals surface area contributed by atoms with E-state index in [9.17, 15) is 14.4 Å². The van der Waals surface area contributed by atoms with E-state index in [-0.39, 0.29) is 54.8 Å². The average Bonchev–Trinajstić information content (AvgIpc) is 3.61. The summed E-state index contributed by atoms with van der Waals surface area (Å²) in [5, 5.41) is 0. The molecule has 0 amide bonds. The van der Waals surface area contributed by atoms with Crippen molar-refractivity contribution in [2.24, 2.45) is 71.0 Å². The molecule has 6 heteroatoms. The van der Waals surface area contributed by atoms with E-state index in [4.69, 9.17) is 14.2 Å². The Bertz CT molecular complexity index is 900. The molecule has 9 unspecified atom stereocenters. The predicted octanol–water partition coefficient (Wildman–Crippen LogP) is 4.78. The second-order valence-electron chi connectivity index (χ2n) is 13.6. The van der Waals surface area contributed by atoms with E-state index in [1.807, 2.05) is 0 Å². The van der Waals surface area contributed by atoms with Gasteiger partial charge in [0.05, 0.1) is 18.3 Å². The van der Waals surface area contributed by atoms with Crippen LogP contribution in [0, 0.1) is 71.0 Å². The second kappa shape index (κ2) is 8.73. The third kappa shape index (κ3) is 3.51. The lowest BCUT2D eigenvalue weighted by atomic mass is 9.55. The Balaban J connectivity index is 1.15. The van der Waals surface area contributed by atoms with Gasteiger partial charge < -0.3 is 14.2 Å². The van der Waals surface area contributed by atoms with Crippen molar-refractivity contribution in [3.63, 3.8) is 0 Å². The number of ether oxygens (including phenoxy) is 3. The molecule has 7 aliphatic carbocycles. The number of carbonyl (C=O) groups excluding carboxylic acids is 3. The van der Waals surface area contributed by atoms with Crippen LogP contribution in [-0.4, -0.2) is 36.7 Å². The van der Waals surface area contributed by atoms with Gasteiger partial charge in [-0.1, -0.05) is 26.7 Å². The van der Waals surface area contributed by atoms with Gasteiger partial charge in [-0.25, -0.2) is 0 Å². The number of fused-ring (bicyclic) bond motifs is 5. The monoisotopic (exact) mass is 498 g/mol. The molecule has 36 heavy (non-hydrogen) atoms. The lowest BCUT2D eigenvalue weighted by Gasteiger charge is -2.53. The Hall–Kier alpha value is -1.59. The highest BCUT2D eigenvalue weighted by molar-refractivity contribution is 5.84. The van der Waals surface area contributed by atoms with Gasteiger partial charge >= 0.3 is 17.9 Å². The van der Waals surface area contributed by atoms with Crippen LogP contribution in [0.3, 0.4) is 0 Å². The van der Waals surface area contributed by atoms with E-state index in [1.54, 1.807) is 0 Å². The van der Waals surface area contributed by atoms with E-state index in [0.717, 1.165) is 31.1 Å². The van der Waals surface area contributed by atoms with Gasteiger partial charge in [0.25, 0.3) is 0 Å². The Morgan fingerprint density at radius 2 is 1.33 bits per heavy atom. The maximum atomic E-state index is 14.1. The maximum Gasteiger partial charge on any atom is 0.310 e. The average molecular weight is 499 g/mol. The largest absolute Gasteiger partial charge is 0.462 e. The first-order valence-corrected chi connectivity index (χ1v) is 15.0. The van der Waals surface area contributed by atoms with Gasteiger partial charge in [-0.2, -0.15) is 0 Å². The Labute approximate surface area is 214 Å². The molecule has 0 N–H and O–H groups in total. The molecule has 6 bridgehead atoms. The van der Waals surface area contributed by atoms with Crippen LogP contribution in [0.1, 0.15) is 78.1 Å². The zero-order chi connectivity index (χ0) is 24.7. The predicted molar refractivity (Wildman–Crippen MR) is 130 cm³/mol. The smallest absolute Gasteiger partial charge is 0.310 e. The van der Waals surface area contributed by atoms with Crippen LogP contribution in [0.25, 0.3) is 0 Å². The molecular weight excluding hydrogens is 456 g/mol. The van der Waals surface area contributed by atoms with E-state index < -0.39 is 12.0 Å². The van der Waals surface area contributed by atoms with Crippen molar-refractivity contribution >= 4 is 17.9 Å². The van der Waals surface area contributed by atoms with Gasteiger partial charge in [0, 0.05) is 0 Å². The van der Waals surface area contributed by atoms with E-state index in [2.05, 4.69) is 13.8 Å². The summed E-state index contributed by atoms with van der Waals surface area (Å²) in [5.41, 5.74) is 0. The summed E-state index contributed by atoms with van der Waals surface area (Å²) < 4.78 is 17.4. The first-order chi connectivity index (χ1) is 17.4. The van der Waals surface area contributed by atoms with Crippen molar-refractivity contribution in [1.82, 2.24) is 0 Å². The highest BCUT2D eigenvalue weighted by Crippen LogP contribution is 2.68. The van der Waals surface area contributed by atoms with Crippen molar-refractivity contribution in [2.75, 3.05) is 6.61 Å². The molecule has 0 radical (unpaired) electrons. The minimum atomic E-state index is -0.519. The molecule has 0 aromatic carbocycles. The Morgan fingerprint density at radius 3 is 1.83 bits per heavy atom. The molecule has 198 valence electrons. The van der Waals surface area contributed by atoms with Gasteiger partial charge in [-0.05, 0) is 104 Å².